The molecule has 0 saturated heterocycles. The Balaban J connectivity index is 2.53. The number of carboxylic acids is 1. The molecule has 0 saturated carbocycles. The van der Waals surface area contributed by atoms with Gasteiger partial charge in [-0.15, -0.1) is 0 Å². The number of benzene rings is 1. The Morgan fingerprint density at radius 2 is 2.04 bits per heavy atom. The summed E-state index contributed by atoms with van der Waals surface area (Å²) >= 11 is 5.73. The molecule has 2 heterocycles. The van der Waals surface area contributed by atoms with Crippen LogP contribution in [0, 0.1) is 12.7 Å². The maximum absolute atomic E-state index is 14.1. The van der Waals surface area contributed by atoms with E-state index in [4.69, 9.17) is 11.6 Å². The van der Waals surface area contributed by atoms with Crippen LogP contribution in [0.5, 0.6) is 0 Å². The van der Waals surface area contributed by atoms with E-state index in [0.29, 0.717) is 5.69 Å². The van der Waals surface area contributed by atoms with Crippen LogP contribution in [0.15, 0.2) is 41.3 Å². The SMILES string of the molecule is Cc1c(C(=O)O)c2cccc(F)c2c(=O)n1-c1ccc(Cl)nc1. The van der Waals surface area contributed by atoms with Gasteiger partial charge in [0.05, 0.1) is 22.8 Å². The summed E-state index contributed by atoms with van der Waals surface area (Å²) in [7, 11) is 0. The number of hydrogen-bond donors (Lipinski definition) is 1. The highest BCUT2D eigenvalue weighted by molar-refractivity contribution is 6.29. The number of rotatable bonds is 2. The Morgan fingerprint density at radius 3 is 2.65 bits per heavy atom. The number of hydrogen-bond acceptors (Lipinski definition) is 3. The second kappa shape index (κ2) is 5.48. The third-order valence-electron chi connectivity index (χ3n) is 3.58. The van der Waals surface area contributed by atoms with Crippen molar-refractivity contribution in [1.82, 2.24) is 9.55 Å². The lowest BCUT2D eigenvalue weighted by atomic mass is 10.0. The summed E-state index contributed by atoms with van der Waals surface area (Å²) < 4.78 is 15.3. The lowest BCUT2D eigenvalue weighted by Crippen LogP contribution is -2.25. The molecule has 116 valence electrons. The zero-order valence-corrected chi connectivity index (χ0v) is 12.6. The van der Waals surface area contributed by atoms with Crippen LogP contribution in [0.4, 0.5) is 4.39 Å². The lowest BCUT2D eigenvalue weighted by Gasteiger charge is -2.15. The number of aromatic nitrogens is 2. The normalized spacial score (nSPS) is 10.9. The third-order valence-corrected chi connectivity index (χ3v) is 3.80. The Hall–Kier alpha value is -2.73. The number of aromatic carboxylic acids is 1. The second-order valence-electron chi connectivity index (χ2n) is 4.91. The van der Waals surface area contributed by atoms with Crippen LogP contribution in [0.1, 0.15) is 16.1 Å². The van der Waals surface area contributed by atoms with E-state index in [0.717, 1.165) is 10.6 Å². The Bertz CT molecular complexity index is 997. The van der Waals surface area contributed by atoms with Gasteiger partial charge in [-0.25, -0.2) is 14.2 Å². The van der Waals surface area contributed by atoms with E-state index >= 15 is 0 Å². The van der Waals surface area contributed by atoms with Gasteiger partial charge in [0.25, 0.3) is 5.56 Å². The maximum atomic E-state index is 14.1. The van der Waals surface area contributed by atoms with Crippen LogP contribution in [-0.4, -0.2) is 20.6 Å². The highest BCUT2D eigenvalue weighted by Gasteiger charge is 2.21. The smallest absolute Gasteiger partial charge is 0.338 e. The van der Waals surface area contributed by atoms with Gasteiger partial charge in [0.1, 0.15) is 11.0 Å². The molecule has 2 aromatic heterocycles. The number of fused-ring (bicyclic) bond motifs is 1. The van der Waals surface area contributed by atoms with Gasteiger partial charge < -0.3 is 5.11 Å². The van der Waals surface area contributed by atoms with Crippen LogP contribution >= 0.6 is 11.6 Å². The van der Waals surface area contributed by atoms with Crippen molar-refractivity contribution in [2.75, 3.05) is 0 Å². The summed E-state index contributed by atoms with van der Waals surface area (Å²) in [6.45, 7) is 1.49. The topological polar surface area (TPSA) is 72.2 Å². The predicted molar refractivity (Wildman–Crippen MR) is 84.0 cm³/mol. The van der Waals surface area contributed by atoms with Gasteiger partial charge in [0.2, 0.25) is 0 Å². The van der Waals surface area contributed by atoms with Crippen molar-refractivity contribution in [3.05, 3.63) is 69.1 Å². The van der Waals surface area contributed by atoms with Crippen molar-refractivity contribution in [1.29, 1.82) is 0 Å². The zero-order valence-electron chi connectivity index (χ0n) is 11.9. The summed E-state index contributed by atoms with van der Waals surface area (Å²) in [6.07, 6.45) is 1.33. The Labute approximate surface area is 134 Å². The van der Waals surface area contributed by atoms with E-state index in [9.17, 15) is 19.1 Å². The maximum Gasteiger partial charge on any atom is 0.338 e. The molecule has 7 heteroatoms. The van der Waals surface area contributed by atoms with Gasteiger partial charge in [-0.05, 0) is 25.1 Å². The minimum atomic E-state index is -1.24. The first kappa shape index (κ1) is 15.2. The standard InChI is InChI=1S/C16H10ClFN2O3/c1-8-13(16(22)23)10-3-2-4-11(18)14(10)15(21)20(8)9-5-6-12(17)19-7-9/h2-7H,1H3,(H,22,23). The molecule has 0 fully saturated rings. The zero-order chi connectivity index (χ0) is 16.7. The molecule has 0 aliphatic carbocycles. The fraction of sp³-hybridized carbons (Fsp3) is 0.0625. The molecule has 23 heavy (non-hydrogen) atoms. The summed E-state index contributed by atoms with van der Waals surface area (Å²) in [6, 6.07) is 6.89. The number of halogens is 2. The number of carboxylic acid groups (broad SMARTS) is 1. The molecule has 5 nitrogen and oxygen atoms in total. The Kier molecular flexibility index (Phi) is 3.61. The van der Waals surface area contributed by atoms with Gasteiger partial charge in [0.15, 0.2) is 0 Å². The van der Waals surface area contributed by atoms with Gasteiger partial charge in [-0.1, -0.05) is 23.7 Å². The fourth-order valence-electron chi connectivity index (χ4n) is 2.60. The predicted octanol–water partition coefficient (Wildman–Crippen LogP) is 3.18. The van der Waals surface area contributed by atoms with E-state index in [-0.39, 0.29) is 27.2 Å². The summed E-state index contributed by atoms with van der Waals surface area (Å²) in [4.78, 5) is 28.2. The molecular formula is C16H10ClFN2O3. The van der Waals surface area contributed by atoms with Gasteiger partial charge in [-0.3, -0.25) is 9.36 Å². The number of nitrogens with zero attached hydrogens (tertiary/aromatic N) is 2. The summed E-state index contributed by atoms with van der Waals surface area (Å²) in [5.74, 6) is -2.01. The first-order valence-electron chi connectivity index (χ1n) is 6.61. The average Bonchev–Trinajstić information content (AvgIpc) is 2.48. The lowest BCUT2D eigenvalue weighted by molar-refractivity contribution is 0.0697. The molecular weight excluding hydrogens is 323 g/mol. The minimum Gasteiger partial charge on any atom is -0.478 e. The monoisotopic (exact) mass is 332 g/mol. The van der Waals surface area contributed by atoms with E-state index in [1.807, 2.05) is 0 Å². The van der Waals surface area contributed by atoms with Crippen molar-refractivity contribution in [2.24, 2.45) is 0 Å². The molecule has 0 aliphatic rings. The fourth-order valence-corrected chi connectivity index (χ4v) is 2.71. The molecule has 0 spiro atoms. The van der Waals surface area contributed by atoms with Crippen LogP contribution in [0.2, 0.25) is 5.15 Å². The van der Waals surface area contributed by atoms with Crippen LogP contribution in [-0.2, 0) is 0 Å². The van der Waals surface area contributed by atoms with E-state index in [2.05, 4.69) is 4.98 Å². The molecule has 1 N–H and O–H groups in total. The number of pyridine rings is 2. The molecule has 3 aromatic rings. The summed E-state index contributed by atoms with van der Waals surface area (Å²) in [5, 5.41) is 9.51. The largest absolute Gasteiger partial charge is 0.478 e. The molecule has 0 unspecified atom stereocenters. The molecule has 0 amide bonds. The quantitative estimate of drug-likeness (QED) is 0.731. The van der Waals surface area contributed by atoms with Crippen LogP contribution < -0.4 is 5.56 Å². The molecule has 0 atom stereocenters. The first-order valence-corrected chi connectivity index (χ1v) is 6.98. The van der Waals surface area contributed by atoms with Crippen LogP contribution in [0.25, 0.3) is 16.5 Å². The average molecular weight is 333 g/mol. The molecule has 0 aliphatic heterocycles. The van der Waals surface area contributed by atoms with Crippen molar-refractivity contribution in [3.63, 3.8) is 0 Å². The van der Waals surface area contributed by atoms with E-state index < -0.39 is 17.3 Å². The summed E-state index contributed by atoms with van der Waals surface area (Å²) in [5.41, 5.74) is -0.284. The van der Waals surface area contributed by atoms with Crippen molar-refractivity contribution in [3.8, 4) is 5.69 Å². The van der Waals surface area contributed by atoms with Crippen LogP contribution in [0.3, 0.4) is 0 Å². The van der Waals surface area contributed by atoms with Gasteiger partial charge in [0, 0.05) is 11.1 Å². The first-order chi connectivity index (χ1) is 10.9. The number of carbonyl (C=O) groups is 1. The molecule has 3 rings (SSSR count). The van der Waals surface area contributed by atoms with E-state index in [1.165, 1.54) is 37.4 Å². The van der Waals surface area contributed by atoms with Crippen molar-refractivity contribution >= 4 is 28.3 Å². The van der Waals surface area contributed by atoms with Crippen molar-refractivity contribution < 1.29 is 14.3 Å². The third kappa shape index (κ3) is 2.37. The molecule has 1 aromatic carbocycles. The second-order valence-corrected chi connectivity index (χ2v) is 5.29. The molecule has 0 radical (unpaired) electrons. The van der Waals surface area contributed by atoms with Gasteiger partial charge in [-0.2, -0.15) is 0 Å². The highest BCUT2D eigenvalue weighted by atomic mass is 35.5. The van der Waals surface area contributed by atoms with Gasteiger partial charge >= 0.3 is 5.97 Å². The molecule has 0 bridgehead atoms. The minimum absolute atomic E-state index is 0.0678. The highest BCUT2D eigenvalue weighted by Crippen LogP contribution is 2.23. The van der Waals surface area contributed by atoms with Crippen molar-refractivity contribution in [2.45, 2.75) is 6.92 Å². The van der Waals surface area contributed by atoms with E-state index in [1.54, 1.807) is 0 Å². The Morgan fingerprint density at radius 1 is 1.30 bits per heavy atom.